The standard InChI is InChI=1S/C24H21N5O4S2/c1-17(30)22-21(18-7-3-2-4-8-18)27-24(34-22)28-23(31)19-9-11-20(12-10-19)35(32,33)29(15-5-13-25)16-6-14-26/h2-4,7-12H,5-6,15-16H2,1H3,(H,27,28,31). The minimum absolute atomic E-state index is 0.00776. The Balaban J connectivity index is 1.80. The normalized spacial score (nSPS) is 11.0. The van der Waals surface area contributed by atoms with Crippen LogP contribution in [0.15, 0.2) is 59.5 Å². The predicted molar refractivity (Wildman–Crippen MR) is 131 cm³/mol. The molecule has 0 aliphatic carbocycles. The van der Waals surface area contributed by atoms with Crippen LogP contribution < -0.4 is 5.32 Å². The predicted octanol–water partition coefficient (Wildman–Crippen LogP) is 4.08. The van der Waals surface area contributed by atoms with E-state index in [0.29, 0.717) is 10.6 Å². The van der Waals surface area contributed by atoms with Crippen LogP contribution in [0.1, 0.15) is 39.8 Å². The quantitative estimate of drug-likeness (QED) is 0.407. The number of aromatic nitrogens is 1. The lowest BCUT2D eigenvalue weighted by atomic mass is 10.1. The molecular weight excluding hydrogens is 486 g/mol. The molecule has 0 radical (unpaired) electrons. The van der Waals surface area contributed by atoms with Crippen molar-refractivity contribution in [2.24, 2.45) is 0 Å². The molecule has 0 atom stereocenters. The SMILES string of the molecule is CC(=O)c1sc(NC(=O)c2ccc(S(=O)(=O)N(CCC#N)CCC#N)cc2)nc1-c1ccccc1. The van der Waals surface area contributed by atoms with Crippen LogP contribution in [-0.4, -0.2) is 42.5 Å². The monoisotopic (exact) mass is 507 g/mol. The number of thiazole rings is 1. The van der Waals surface area contributed by atoms with Crippen molar-refractivity contribution < 1.29 is 18.0 Å². The van der Waals surface area contributed by atoms with Gasteiger partial charge in [0, 0.05) is 44.0 Å². The lowest BCUT2D eigenvalue weighted by molar-refractivity contribution is 0.101. The zero-order chi connectivity index (χ0) is 25.4. The Hall–Kier alpha value is -3.90. The van der Waals surface area contributed by atoms with Gasteiger partial charge in [0.15, 0.2) is 10.9 Å². The van der Waals surface area contributed by atoms with Crippen LogP contribution in [0, 0.1) is 22.7 Å². The highest BCUT2D eigenvalue weighted by molar-refractivity contribution is 7.89. The topological polar surface area (TPSA) is 144 Å². The maximum Gasteiger partial charge on any atom is 0.257 e. The van der Waals surface area contributed by atoms with Gasteiger partial charge in [0.1, 0.15) is 0 Å². The number of anilines is 1. The van der Waals surface area contributed by atoms with Crippen LogP contribution in [0.5, 0.6) is 0 Å². The van der Waals surface area contributed by atoms with Gasteiger partial charge in [-0.2, -0.15) is 14.8 Å². The summed E-state index contributed by atoms with van der Waals surface area (Å²) in [5, 5.41) is 20.5. The fourth-order valence-electron chi connectivity index (χ4n) is 3.20. The molecule has 11 heteroatoms. The fourth-order valence-corrected chi connectivity index (χ4v) is 5.52. The summed E-state index contributed by atoms with van der Waals surface area (Å²) in [4.78, 5) is 29.6. The number of rotatable bonds is 10. The van der Waals surface area contributed by atoms with Crippen LogP contribution in [0.25, 0.3) is 11.3 Å². The van der Waals surface area contributed by atoms with Gasteiger partial charge in [0.25, 0.3) is 5.91 Å². The molecule has 0 aliphatic rings. The molecule has 1 heterocycles. The highest BCUT2D eigenvalue weighted by Gasteiger charge is 2.24. The number of Topliss-reactive ketones (excluding diaryl/α,β-unsaturated/α-hetero) is 1. The first kappa shape index (κ1) is 25.7. The second-order valence-corrected chi connectivity index (χ2v) is 10.3. The van der Waals surface area contributed by atoms with Crippen molar-refractivity contribution in [3.05, 3.63) is 65.0 Å². The average Bonchev–Trinajstić information content (AvgIpc) is 3.28. The molecule has 1 aromatic heterocycles. The van der Waals surface area contributed by atoms with Crippen LogP contribution in [0.2, 0.25) is 0 Å². The van der Waals surface area contributed by atoms with Crippen LogP contribution in [0.3, 0.4) is 0 Å². The van der Waals surface area contributed by atoms with Crippen molar-refractivity contribution in [1.82, 2.24) is 9.29 Å². The van der Waals surface area contributed by atoms with Gasteiger partial charge in [0.05, 0.1) is 27.6 Å². The van der Waals surface area contributed by atoms with Crippen LogP contribution in [0.4, 0.5) is 5.13 Å². The molecule has 35 heavy (non-hydrogen) atoms. The third-order valence-corrected chi connectivity index (χ3v) is 7.90. The lowest BCUT2D eigenvalue weighted by Crippen LogP contribution is -2.32. The van der Waals surface area contributed by atoms with E-state index in [-0.39, 0.29) is 47.3 Å². The van der Waals surface area contributed by atoms with Crippen molar-refractivity contribution in [2.45, 2.75) is 24.7 Å². The van der Waals surface area contributed by atoms with Gasteiger partial charge in [-0.3, -0.25) is 14.9 Å². The summed E-state index contributed by atoms with van der Waals surface area (Å²) < 4.78 is 26.9. The largest absolute Gasteiger partial charge is 0.298 e. The number of benzene rings is 2. The second kappa shape index (κ2) is 11.5. The highest BCUT2D eigenvalue weighted by Crippen LogP contribution is 2.31. The Bertz CT molecular complexity index is 1380. The van der Waals surface area contributed by atoms with Crippen molar-refractivity contribution >= 4 is 38.2 Å². The first-order valence-corrected chi connectivity index (χ1v) is 12.8. The average molecular weight is 508 g/mol. The van der Waals surface area contributed by atoms with Crippen LogP contribution >= 0.6 is 11.3 Å². The van der Waals surface area contributed by atoms with E-state index in [1.807, 2.05) is 42.5 Å². The van der Waals surface area contributed by atoms with Crippen molar-refractivity contribution in [1.29, 1.82) is 10.5 Å². The summed E-state index contributed by atoms with van der Waals surface area (Å²) in [7, 11) is -3.94. The zero-order valence-corrected chi connectivity index (χ0v) is 20.4. The second-order valence-electron chi connectivity index (χ2n) is 7.32. The summed E-state index contributed by atoms with van der Waals surface area (Å²) in [6.45, 7) is 1.37. The van der Waals surface area contributed by atoms with E-state index >= 15 is 0 Å². The molecule has 2 aromatic carbocycles. The van der Waals surface area contributed by atoms with Gasteiger partial charge >= 0.3 is 0 Å². The molecule has 1 amide bonds. The van der Waals surface area contributed by atoms with Gasteiger partial charge in [-0.05, 0) is 24.3 Å². The van der Waals surface area contributed by atoms with Gasteiger partial charge in [0.2, 0.25) is 10.0 Å². The van der Waals surface area contributed by atoms with E-state index in [1.54, 1.807) is 0 Å². The molecule has 0 fully saturated rings. The van der Waals surface area contributed by atoms with Crippen LogP contribution in [-0.2, 0) is 10.0 Å². The molecule has 178 valence electrons. The zero-order valence-electron chi connectivity index (χ0n) is 18.8. The number of nitrogens with one attached hydrogen (secondary N) is 1. The molecule has 1 N–H and O–H groups in total. The van der Waals surface area contributed by atoms with E-state index < -0.39 is 15.9 Å². The highest BCUT2D eigenvalue weighted by atomic mass is 32.2. The third-order valence-electron chi connectivity index (χ3n) is 4.91. The minimum atomic E-state index is -3.94. The Morgan fingerprint density at radius 3 is 2.14 bits per heavy atom. The molecule has 0 saturated heterocycles. The number of sulfonamides is 1. The number of hydrogen-bond acceptors (Lipinski definition) is 8. The number of carbonyl (C=O) groups is 2. The Morgan fingerprint density at radius 2 is 1.60 bits per heavy atom. The molecule has 3 aromatic rings. The Kier molecular flexibility index (Phi) is 8.44. The van der Waals surface area contributed by atoms with Crippen molar-refractivity contribution in [3.63, 3.8) is 0 Å². The Morgan fingerprint density at radius 1 is 1.00 bits per heavy atom. The number of hydrogen-bond donors (Lipinski definition) is 1. The third kappa shape index (κ3) is 6.16. The molecule has 3 rings (SSSR count). The number of nitrogens with zero attached hydrogens (tertiary/aromatic N) is 4. The smallest absolute Gasteiger partial charge is 0.257 e. The van der Waals surface area contributed by atoms with E-state index in [0.717, 1.165) is 21.2 Å². The van der Waals surface area contributed by atoms with Gasteiger partial charge < -0.3 is 0 Å². The maximum absolute atomic E-state index is 12.9. The van der Waals surface area contributed by atoms with Gasteiger partial charge in [-0.1, -0.05) is 41.7 Å². The van der Waals surface area contributed by atoms with Crippen molar-refractivity contribution in [3.8, 4) is 23.4 Å². The fraction of sp³-hybridized carbons (Fsp3) is 0.208. The van der Waals surface area contributed by atoms with E-state index in [4.69, 9.17) is 10.5 Å². The summed E-state index contributed by atoms with van der Waals surface area (Å²) >= 11 is 1.06. The summed E-state index contributed by atoms with van der Waals surface area (Å²) in [5.74, 6) is -0.683. The number of amides is 1. The van der Waals surface area contributed by atoms with E-state index in [2.05, 4.69) is 10.3 Å². The van der Waals surface area contributed by atoms with Crippen molar-refractivity contribution in [2.75, 3.05) is 18.4 Å². The first-order valence-electron chi connectivity index (χ1n) is 10.5. The lowest BCUT2D eigenvalue weighted by Gasteiger charge is -2.20. The molecule has 0 saturated carbocycles. The molecule has 0 aliphatic heterocycles. The maximum atomic E-state index is 12.9. The molecule has 0 bridgehead atoms. The molecule has 0 spiro atoms. The number of carbonyl (C=O) groups excluding carboxylic acids is 2. The Labute approximate surface area is 207 Å². The summed E-state index contributed by atoms with van der Waals surface area (Å²) in [6.07, 6.45) is -0.0155. The van der Waals surface area contributed by atoms with E-state index in [9.17, 15) is 18.0 Å². The summed E-state index contributed by atoms with van der Waals surface area (Å²) in [5.41, 5.74) is 1.43. The van der Waals surface area contributed by atoms with Gasteiger partial charge in [-0.25, -0.2) is 13.4 Å². The van der Waals surface area contributed by atoms with Gasteiger partial charge in [-0.15, -0.1) is 0 Å². The summed E-state index contributed by atoms with van der Waals surface area (Å²) in [6, 6.07) is 18.3. The molecular formula is C24H21N5O4S2. The minimum Gasteiger partial charge on any atom is -0.298 e. The van der Waals surface area contributed by atoms with E-state index in [1.165, 1.54) is 31.2 Å². The first-order chi connectivity index (χ1) is 16.8. The number of ketones is 1. The molecule has 0 unspecified atom stereocenters. The molecule has 9 nitrogen and oxygen atoms in total. The number of nitriles is 2.